The van der Waals surface area contributed by atoms with Crippen LogP contribution in [0.2, 0.25) is 0 Å². The van der Waals surface area contributed by atoms with E-state index in [9.17, 15) is 14.0 Å². The minimum atomic E-state index is -0.545. The van der Waals surface area contributed by atoms with E-state index in [0.29, 0.717) is 22.6 Å². The number of hydrogen-bond acceptors (Lipinski definition) is 4. The van der Waals surface area contributed by atoms with Gasteiger partial charge in [0.1, 0.15) is 11.5 Å². The van der Waals surface area contributed by atoms with Crippen LogP contribution in [0.3, 0.4) is 0 Å². The lowest BCUT2D eigenvalue weighted by atomic mass is 10.1. The number of ether oxygens (including phenoxy) is 1. The van der Waals surface area contributed by atoms with E-state index in [4.69, 9.17) is 0 Å². The van der Waals surface area contributed by atoms with Gasteiger partial charge in [-0.3, -0.25) is 14.5 Å². The Morgan fingerprint density at radius 3 is 2.42 bits per heavy atom. The van der Waals surface area contributed by atoms with Crippen LogP contribution in [0.1, 0.15) is 10.4 Å². The molecule has 1 N–H and O–H groups in total. The maximum absolute atomic E-state index is 13.2. The van der Waals surface area contributed by atoms with Gasteiger partial charge in [-0.2, -0.15) is 0 Å². The quantitative estimate of drug-likeness (QED) is 0.526. The maximum atomic E-state index is 13.2. The van der Waals surface area contributed by atoms with Crippen LogP contribution in [-0.2, 0) is 4.74 Å². The van der Waals surface area contributed by atoms with Crippen molar-refractivity contribution < 1.29 is 18.7 Å². The lowest BCUT2D eigenvalue weighted by Gasteiger charge is -2.17. The zero-order valence-corrected chi connectivity index (χ0v) is 16.9. The van der Waals surface area contributed by atoms with Gasteiger partial charge in [0.25, 0.3) is 5.91 Å². The number of carbonyl (C=O) groups excluding carboxylic acids is 2. The van der Waals surface area contributed by atoms with E-state index in [1.165, 1.54) is 24.1 Å². The Morgan fingerprint density at radius 2 is 1.74 bits per heavy atom. The summed E-state index contributed by atoms with van der Waals surface area (Å²) in [5.74, 6) is -0.590. The second kappa shape index (κ2) is 8.27. The van der Waals surface area contributed by atoms with E-state index < -0.39 is 6.09 Å². The zero-order chi connectivity index (χ0) is 22.0. The molecule has 0 bridgehead atoms. The Balaban J connectivity index is 1.64. The molecule has 0 radical (unpaired) electrons. The predicted octanol–water partition coefficient (Wildman–Crippen LogP) is 4.60. The standard InChI is InChI=1S/C23H19FN4O3/c1-27(19-10-6-17(24)7-11-19)22(29)16-5-12-21-25-13-20(28(21)14-16)15-3-8-18(9-4-15)26-23(30)31-2/h3-14H,1-2H3,(H,26,30). The lowest BCUT2D eigenvalue weighted by Crippen LogP contribution is -2.26. The highest BCUT2D eigenvalue weighted by atomic mass is 19.1. The highest BCUT2D eigenvalue weighted by Gasteiger charge is 2.16. The third kappa shape index (κ3) is 4.09. The molecule has 0 unspecified atom stereocenters. The molecule has 0 saturated carbocycles. The number of benzene rings is 2. The van der Waals surface area contributed by atoms with Gasteiger partial charge in [-0.1, -0.05) is 12.1 Å². The van der Waals surface area contributed by atoms with Gasteiger partial charge >= 0.3 is 6.09 Å². The Labute approximate surface area is 177 Å². The third-order valence-corrected chi connectivity index (χ3v) is 4.88. The van der Waals surface area contributed by atoms with Crippen molar-refractivity contribution in [1.82, 2.24) is 9.38 Å². The number of anilines is 2. The zero-order valence-electron chi connectivity index (χ0n) is 16.9. The summed E-state index contributed by atoms with van der Waals surface area (Å²) in [5, 5.41) is 2.60. The van der Waals surface area contributed by atoms with Gasteiger partial charge in [0.05, 0.1) is 24.6 Å². The van der Waals surface area contributed by atoms with Crippen molar-refractivity contribution in [3.63, 3.8) is 0 Å². The molecule has 7 nitrogen and oxygen atoms in total. The molecule has 8 heteroatoms. The van der Waals surface area contributed by atoms with Crippen LogP contribution in [0, 0.1) is 5.82 Å². The number of carbonyl (C=O) groups is 2. The van der Waals surface area contributed by atoms with Gasteiger partial charge in [0, 0.05) is 30.2 Å². The van der Waals surface area contributed by atoms with E-state index >= 15 is 0 Å². The van der Waals surface area contributed by atoms with Crippen LogP contribution < -0.4 is 10.2 Å². The Morgan fingerprint density at radius 1 is 1.03 bits per heavy atom. The fourth-order valence-electron chi connectivity index (χ4n) is 3.19. The van der Waals surface area contributed by atoms with Crippen LogP contribution >= 0.6 is 0 Å². The normalized spacial score (nSPS) is 10.7. The Kier molecular flexibility index (Phi) is 5.36. The number of rotatable bonds is 4. The summed E-state index contributed by atoms with van der Waals surface area (Å²) < 4.78 is 19.6. The van der Waals surface area contributed by atoms with Crippen molar-refractivity contribution in [3.05, 3.63) is 84.4 Å². The van der Waals surface area contributed by atoms with Gasteiger partial charge in [-0.05, 0) is 48.5 Å². The molecule has 4 aromatic rings. The molecule has 0 aliphatic rings. The second-order valence-electron chi connectivity index (χ2n) is 6.82. The SMILES string of the molecule is COC(=O)Nc1ccc(-c2cnc3ccc(C(=O)N(C)c4ccc(F)cc4)cn23)cc1. The minimum Gasteiger partial charge on any atom is -0.453 e. The first kappa shape index (κ1) is 20.1. The van der Waals surface area contributed by atoms with Crippen molar-refractivity contribution in [2.24, 2.45) is 0 Å². The summed E-state index contributed by atoms with van der Waals surface area (Å²) in [6.07, 6.45) is 2.90. The molecule has 2 amide bonds. The molecule has 31 heavy (non-hydrogen) atoms. The van der Waals surface area contributed by atoms with Crippen molar-refractivity contribution in [2.45, 2.75) is 0 Å². The number of hydrogen-bond donors (Lipinski definition) is 1. The number of fused-ring (bicyclic) bond motifs is 1. The Bertz CT molecular complexity index is 1250. The summed E-state index contributed by atoms with van der Waals surface area (Å²) >= 11 is 0. The summed E-state index contributed by atoms with van der Waals surface area (Å²) in [7, 11) is 2.94. The van der Waals surface area contributed by atoms with Crippen molar-refractivity contribution >= 4 is 29.0 Å². The molecule has 0 aliphatic heterocycles. The number of nitrogens with zero attached hydrogens (tertiary/aromatic N) is 3. The topological polar surface area (TPSA) is 75.9 Å². The average molecular weight is 418 g/mol. The molecule has 0 saturated heterocycles. The van der Waals surface area contributed by atoms with Crippen LogP contribution in [-0.4, -0.2) is 35.5 Å². The van der Waals surface area contributed by atoms with E-state index in [2.05, 4.69) is 15.0 Å². The number of pyridine rings is 1. The average Bonchev–Trinajstić information content (AvgIpc) is 3.22. The minimum absolute atomic E-state index is 0.231. The second-order valence-corrected chi connectivity index (χ2v) is 6.82. The number of nitrogens with one attached hydrogen (secondary N) is 1. The van der Waals surface area contributed by atoms with E-state index in [1.807, 2.05) is 16.5 Å². The molecule has 0 atom stereocenters. The number of aromatic nitrogens is 2. The molecular weight excluding hydrogens is 399 g/mol. The number of amides is 2. The fraction of sp³-hybridized carbons (Fsp3) is 0.0870. The van der Waals surface area contributed by atoms with Crippen LogP contribution in [0.4, 0.5) is 20.6 Å². The largest absolute Gasteiger partial charge is 0.453 e. The number of imidazole rings is 1. The van der Waals surface area contributed by atoms with Crippen LogP contribution in [0.5, 0.6) is 0 Å². The van der Waals surface area contributed by atoms with Crippen molar-refractivity contribution in [2.75, 3.05) is 24.4 Å². The van der Waals surface area contributed by atoms with Gasteiger partial charge in [-0.25, -0.2) is 14.2 Å². The van der Waals surface area contributed by atoms with Crippen molar-refractivity contribution in [1.29, 1.82) is 0 Å². The van der Waals surface area contributed by atoms with E-state index in [1.54, 1.807) is 55.8 Å². The third-order valence-electron chi connectivity index (χ3n) is 4.88. The first-order chi connectivity index (χ1) is 15.0. The molecule has 4 rings (SSSR count). The molecule has 2 aromatic carbocycles. The summed E-state index contributed by atoms with van der Waals surface area (Å²) in [6.45, 7) is 0. The van der Waals surface area contributed by atoms with Gasteiger partial charge < -0.3 is 9.64 Å². The predicted molar refractivity (Wildman–Crippen MR) is 116 cm³/mol. The summed E-state index contributed by atoms with van der Waals surface area (Å²) in [4.78, 5) is 30.2. The fourth-order valence-corrected chi connectivity index (χ4v) is 3.19. The van der Waals surface area contributed by atoms with Crippen LogP contribution in [0.25, 0.3) is 16.9 Å². The lowest BCUT2D eigenvalue weighted by molar-refractivity contribution is 0.0992. The Hall–Kier alpha value is -4.20. The smallest absolute Gasteiger partial charge is 0.411 e. The first-order valence-electron chi connectivity index (χ1n) is 9.42. The summed E-state index contributed by atoms with van der Waals surface area (Å²) in [6, 6.07) is 16.4. The highest BCUT2D eigenvalue weighted by Crippen LogP contribution is 2.24. The summed E-state index contributed by atoms with van der Waals surface area (Å²) in [5.41, 5.74) is 3.99. The van der Waals surface area contributed by atoms with E-state index in [0.717, 1.165) is 11.3 Å². The van der Waals surface area contributed by atoms with Crippen molar-refractivity contribution in [3.8, 4) is 11.3 Å². The monoisotopic (exact) mass is 418 g/mol. The molecule has 0 aliphatic carbocycles. The highest BCUT2D eigenvalue weighted by molar-refractivity contribution is 6.05. The van der Waals surface area contributed by atoms with Gasteiger partial charge in [-0.15, -0.1) is 0 Å². The van der Waals surface area contributed by atoms with Gasteiger partial charge in [0.15, 0.2) is 0 Å². The number of halogens is 1. The molecular formula is C23H19FN4O3. The number of methoxy groups -OCH3 is 1. The molecule has 0 spiro atoms. The molecule has 156 valence electrons. The maximum Gasteiger partial charge on any atom is 0.411 e. The molecule has 2 heterocycles. The van der Waals surface area contributed by atoms with Crippen LogP contribution in [0.15, 0.2) is 73.1 Å². The van der Waals surface area contributed by atoms with Gasteiger partial charge in [0.2, 0.25) is 0 Å². The van der Waals surface area contributed by atoms with E-state index in [-0.39, 0.29) is 11.7 Å². The molecule has 2 aromatic heterocycles. The molecule has 0 fully saturated rings. The first-order valence-corrected chi connectivity index (χ1v) is 9.42.